The van der Waals surface area contributed by atoms with Gasteiger partial charge in [-0.1, -0.05) is 22.0 Å². The van der Waals surface area contributed by atoms with E-state index in [0.717, 1.165) is 29.4 Å². The topological polar surface area (TPSA) is 21.3 Å². The molecule has 0 aliphatic heterocycles. The van der Waals surface area contributed by atoms with Crippen LogP contribution in [0.3, 0.4) is 0 Å². The van der Waals surface area contributed by atoms with Crippen LogP contribution >= 0.6 is 15.9 Å². The van der Waals surface area contributed by atoms with Crippen LogP contribution in [0.2, 0.25) is 0 Å². The monoisotopic (exact) mass is 315 g/mol. The molecule has 0 saturated heterocycles. The summed E-state index contributed by atoms with van der Waals surface area (Å²) in [5.74, 6) is -0.217. The molecule has 1 atom stereocenters. The number of ether oxygens (including phenoxy) is 1. The fourth-order valence-corrected chi connectivity index (χ4v) is 3.02. The Labute approximate surface area is 116 Å². The van der Waals surface area contributed by atoms with Gasteiger partial charge in [0.1, 0.15) is 5.82 Å². The normalized spacial score (nSPS) is 19.3. The molecule has 0 bridgehead atoms. The zero-order chi connectivity index (χ0) is 13.2. The van der Waals surface area contributed by atoms with Crippen LogP contribution < -0.4 is 5.32 Å². The molecular formula is C14H19BrFNO. The summed E-state index contributed by atoms with van der Waals surface area (Å²) in [7, 11) is 1.78. The second-order valence-electron chi connectivity index (χ2n) is 5.01. The summed E-state index contributed by atoms with van der Waals surface area (Å²) in [6, 6.07) is 4.99. The molecule has 0 radical (unpaired) electrons. The van der Waals surface area contributed by atoms with Gasteiger partial charge in [0.15, 0.2) is 0 Å². The number of hydrogen-bond acceptors (Lipinski definition) is 2. The first-order valence-electron chi connectivity index (χ1n) is 6.30. The van der Waals surface area contributed by atoms with Gasteiger partial charge in [-0.2, -0.15) is 0 Å². The van der Waals surface area contributed by atoms with Crippen LogP contribution in [-0.4, -0.2) is 19.3 Å². The van der Waals surface area contributed by atoms with E-state index in [1.54, 1.807) is 7.11 Å². The number of rotatable bonds is 5. The van der Waals surface area contributed by atoms with Gasteiger partial charge < -0.3 is 10.1 Å². The second kappa shape index (κ2) is 5.68. The average molecular weight is 316 g/mol. The molecule has 4 heteroatoms. The van der Waals surface area contributed by atoms with Gasteiger partial charge >= 0.3 is 0 Å². The van der Waals surface area contributed by atoms with E-state index in [1.807, 2.05) is 6.07 Å². The number of hydrogen-bond donors (Lipinski definition) is 1. The lowest BCUT2D eigenvalue weighted by molar-refractivity contribution is -0.0706. The third-order valence-electron chi connectivity index (χ3n) is 3.86. The van der Waals surface area contributed by atoms with E-state index in [0.29, 0.717) is 0 Å². The van der Waals surface area contributed by atoms with Crippen molar-refractivity contribution >= 4 is 15.9 Å². The van der Waals surface area contributed by atoms with Crippen molar-refractivity contribution < 1.29 is 9.13 Å². The molecular weight excluding hydrogens is 297 g/mol. The van der Waals surface area contributed by atoms with Crippen molar-refractivity contribution in [2.75, 3.05) is 13.7 Å². The van der Waals surface area contributed by atoms with Crippen molar-refractivity contribution in [1.29, 1.82) is 0 Å². The first-order chi connectivity index (χ1) is 8.56. The van der Waals surface area contributed by atoms with E-state index in [2.05, 4.69) is 28.2 Å². The highest BCUT2D eigenvalue weighted by molar-refractivity contribution is 9.10. The maximum Gasteiger partial charge on any atom is 0.124 e. The smallest absolute Gasteiger partial charge is 0.124 e. The molecule has 1 aromatic carbocycles. The van der Waals surface area contributed by atoms with Crippen LogP contribution in [0.15, 0.2) is 22.7 Å². The zero-order valence-electron chi connectivity index (χ0n) is 10.8. The SMILES string of the molecule is COC1(CNC(C)c2ccc(F)cc2Br)CCC1. The van der Waals surface area contributed by atoms with E-state index in [-0.39, 0.29) is 17.5 Å². The zero-order valence-corrected chi connectivity index (χ0v) is 12.4. The Morgan fingerprint density at radius 1 is 1.50 bits per heavy atom. The van der Waals surface area contributed by atoms with Gasteiger partial charge in [0, 0.05) is 24.2 Å². The lowest BCUT2D eigenvalue weighted by atomic mass is 9.80. The van der Waals surface area contributed by atoms with E-state index in [4.69, 9.17) is 4.74 Å². The lowest BCUT2D eigenvalue weighted by Crippen LogP contribution is -2.48. The fourth-order valence-electron chi connectivity index (χ4n) is 2.33. The van der Waals surface area contributed by atoms with E-state index in [9.17, 15) is 4.39 Å². The van der Waals surface area contributed by atoms with Crippen LogP contribution in [-0.2, 0) is 4.74 Å². The summed E-state index contributed by atoms with van der Waals surface area (Å²) in [5, 5.41) is 3.48. The molecule has 0 amide bonds. The molecule has 1 aliphatic rings. The van der Waals surface area contributed by atoms with Crippen molar-refractivity contribution in [3.63, 3.8) is 0 Å². The van der Waals surface area contributed by atoms with Gasteiger partial charge in [-0.05, 0) is 43.9 Å². The van der Waals surface area contributed by atoms with Crippen LogP contribution in [0.1, 0.15) is 37.8 Å². The molecule has 1 aliphatic carbocycles. The van der Waals surface area contributed by atoms with Crippen molar-refractivity contribution in [2.45, 2.75) is 37.8 Å². The van der Waals surface area contributed by atoms with Crippen LogP contribution in [0, 0.1) is 5.82 Å². The number of methoxy groups -OCH3 is 1. The summed E-state index contributed by atoms with van der Waals surface area (Å²) in [6.07, 6.45) is 3.48. The minimum atomic E-state index is -0.217. The number of benzene rings is 1. The third kappa shape index (κ3) is 2.92. The first-order valence-corrected chi connectivity index (χ1v) is 7.09. The summed E-state index contributed by atoms with van der Waals surface area (Å²) in [4.78, 5) is 0. The molecule has 2 nitrogen and oxygen atoms in total. The molecule has 100 valence electrons. The predicted molar refractivity (Wildman–Crippen MR) is 74.1 cm³/mol. The molecule has 1 N–H and O–H groups in total. The summed E-state index contributed by atoms with van der Waals surface area (Å²) in [6.45, 7) is 2.93. The Bertz CT molecular complexity index is 415. The molecule has 1 unspecified atom stereocenters. The highest BCUT2D eigenvalue weighted by Gasteiger charge is 2.36. The van der Waals surface area contributed by atoms with Gasteiger partial charge in [-0.3, -0.25) is 0 Å². The molecule has 1 fully saturated rings. The Kier molecular flexibility index (Phi) is 4.41. The molecule has 0 heterocycles. The molecule has 2 rings (SSSR count). The van der Waals surface area contributed by atoms with E-state index in [1.165, 1.54) is 18.6 Å². The van der Waals surface area contributed by atoms with Crippen molar-refractivity contribution in [3.05, 3.63) is 34.1 Å². The average Bonchev–Trinajstić information content (AvgIpc) is 2.27. The highest BCUT2D eigenvalue weighted by atomic mass is 79.9. The van der Waals surface area contributed by atoms with Crippen LogP contribution in [0.5, 0.6) is 0 Å². The van der Waals surface area contributed by atoms with Gasteiger partial charge in [0.2, 0.25) is 0 Å². The largest absolute Gasteiger partial charge is 0.377 e. The van der Waals surface area contributed by atoms with Crippen molar-refractivity contribution in [1.82, 2.24) is 5.32 Å². The third-order valence-corrected chi connectivity index (χ3v) is 4.54. The molecule has 18 heavy (non-hydrogen) atoms. The second-order valence-corrected chi connectivity index (χ2v) is 5.86. The molecule has 1 aromatic rings. The maximum atomic E-state index is 13.0. The summed E-state index contributed by atoms with van der Waals surface area (Å²) < 4.78 is 19.4. The van der Waals surface area contributed by atoms with Crippen molar-refractivity contribution in [3.8, 4) is 0 Å². The Hall–Kier alpha value is -0.450. The predicted octanol–water partition coefficient (Wildman–Crippen LogP) is 3.81. The number of halogens is 2. The Morgan fingerprint density at radius 3 is 2.72 bits per heavy atom. The minimum absolute atomic E-state index is 0.0146. The van der Waals surface area contributed by atoms with E-state index >= 15 is 0 Å². The maximum absolute atomic E-state index is 13.0. The first kappa shape index (κ1) is 14.0. The molecule has 0 aromatic heterocycles. The molecule has 0 spiro atoms. The summed E-state index contributed by atoms with van der Waals surface area (Å²) >= 11 is 3.41. The van der Waals surface area contributed by atoms with Gasteiger partial charge in [-0.15, -0.1) is 0 Å². The number of nitrogens with one attached hydrogen (secondary N) is 1. The minimum Gasteiger partial charge on any atom is -0.377 e. The fraction of sp³-hybridized carbons (Fsp3) is 0.571. The van der Waals surface area contributed by atoms with Gasteiger partial charge in [-0.25, -0.2) is 4.39 Å². The van der Waals surface area contributed by atoms with Gasteiger partial charge in [0.25, 0.3) is 0 Å². The lowest BCUT2D eigenvalue weighted by Gasteiger charge is -2.41. The van der Waals surface area contributed by atoms with Gasteiger partial charge in [0.05, 0.1) is 5.60 Å². The quantitative estimate of drug-likeness (QED) is 0.892. The van der Waals surface area contributed by atoms with E-state index < -0.39 is 0 Å². The highest BCUT2D eigenvalue weighted by Crippen LogP contribution is 2.35. The Morgan fingerprint density at radius 2 is 2.22 bits per heavy atom. The molecule has 1 saturated carbocycles. The Balaban J connectivity index is 1.97. The van der Waals surface area contributed by atoms with Crippen LogP contribution in [0.4, 0.5) is 4.39 Å². The standard InChI is InChI=1S/C14H19BrFNO/c1-10(12-5-4-11(16)8-13(12)15)17-9-14(18-2)6-3-7-14/h4-5,8,10,17H,3,6-7,9H2,1-2H3. The van der Waals surface area contributed by atoms with Crippen molar-refractivity contribution in [2.24, 2.45) is 0 Å². The summed E-state index contributed by atoms with van der Waals surface area (Å²) in [5.41, 5.74) is 1.09. The van der Waals surface area contributed by atoms with Crippen LogP contribution in [0.25, 0.3) is 0 Å².